The van der Waals surface area contributed by atoms with Gasteiger partial charge in [-0.1, -0.05) is 56.1 Å². The molecule has 0 unspecified atom stereocenters. The Morgan fingerprint density at radius 3 is 1.43 bits per heavy atom. The molecule has 2 rings (SSSR count). The van der Waals surface area contributed by atoms with Gasteiger partial charge in [0, 0.05) is 8.95 Å². The first kappa shape index (κ1) is 25.0. The van der Waals surface area contributed by atoms with Crippen LogP contribution < -0.4 is 0 Å². The summed E-state index contributed by atoms with van der Waals surface area (Å²) in [4.78, 5) is 0. The average molecular weight is 442 g/mol. The molecule has 0 aliphatic rings. The monoisotopic (exact) mass is 440 g/mol. The maximum Gasteiger partial charge on any atom is 0.416 e. The Morgan fingerprint density at radius 2 is 1.14 bits per heavy atom. The highest BCUT2D eigenvalue weighted by atomic mass is 79.9. The summed E-state index contributed by atoms with van der Waals surface area (Å²) in [6.45, 7) is 0. The van der Waals surface area contributed by atoms with Crippen molar-refractivity contribution in [3.05, 3.63) is 69.1 Å². The Kier molecular flexibility index (Phi) is 13.8. The van der Waals surface area contributed by atoms with Crippen LogP contribution in [0.5, 0.6) is 0 Å². The highest BCUT2D eigenvalue weighted by Gasteiger charge is 2.30. The lowest BCUT2D eigenvalue weighted by Gasteiger charge is -2.05. The predicted molar refractivity (Wildman–Crippen MR) is 80.8 cm³/mol. The molecule has 8 heteroatoms. The third-order valence-corrected chi connectivity index (χ3v) is 2.91. The molecule has 0 saturated heterocycles. The van der Waals surface area contributed by atoms with Crippen molar-refractivity contribution in [1.29, 1.82) is 0 Å². The van der Waals surface area contributed by atoms with Crippen LogP contribution in [0.4, 0.5) is 27.3 Å². The van der Waals surface area contributed by atoms with Crippen LogP contribution in [0.1, 0.15) is 5.56 Å². The number of rotatable bonds is 0. The Labute approximate surface area is 134 Å². The lowest BCUT2D eigenvalue weighted by Crippen LogP contribution is -2.03. The van der Waals surface area contributed by atoms with Crippen LogP contribution >= 0.6 is 31.9 Å². The highest BCUT2D eigenvalue weighted by Crippen LogP contribution is 2.30. The predicted octanol–water partition coefficient (Wildman–Crippen LogP) is 6.37. The van der Waals surface area contributed by atoms with Crippen molar-refractivity contribution in [3.63, 3.8) is 0 Å². The number of benzene rings is 2. The summed E-state index contributed by atoms with van der Waals surface area (Å²) in [5.41, 5.74) is -0.633. The van der Waals surface area contributed by atoms with Gasteiger partial charge in [-0.25, -0.2) is 0 Å². The second kappa shape index (κ2) is 11.6. The first-order valence-electron chi connectivity index (χ1n) is 4.93. The van der Waals surface area contributed by atoms with Crippen LogP contribution in [0.2, 0.25) is 0 Å². The Balaban J connectivity index is -0.000000288. The standard InChI is InChI=1S/C7H4BrF3.C6H5Br.3FH/c8-6-3-1-2-5(4-6)7(9,10)11;7-6-4-2-1-3-5-6;;;/h1-4H;1-5H;3*1H. The second-order valence-corrected chi connectivity index (χ2v) is 5.14. The van der Waals surface area contributed by atoms with E-state index in [2.05, 4.69) is 31.9 Å². The van der Waals surface area contributed by atoms with E-state index in [0.29, 0.717) is 4.47 Å². The van der Waals surface area contributed by atoms with Crippen LogP contribution in [-0.2, 0) is 6.18 Å². The molecule has 0 amide bonds. The molecule has 0 nitrogen and oxygen atoms in total. The molecule has 0 bridgehead atoms. The van der Waals surface area contributed by atoms with E-state index < -0.39 is 11.7 Å². The minimum absolute atomic E-state index is 0. The van der Waals surface area contributed by atoms with Gasteiger partial charge in [-0.15, -0.1) is 0 Å². The summed E-state index contributed by atoms with van der Waals surface area (Å²) in [5, 5.41) is 0. The van der Waals surface area contributed by atoms with Crippen LogP contribution in [0.3, 0.4) is 0 Å². The SMILES string of the molecule is Brc1ccccc1.F.F.F.FC(F)(F)c1cccc(Br)c1. The van der Waals surface area contributed by atoms with Crippen LogP contribution in [0, 0.1) is 0 Å². The zero-order chi connectivity index (χ0) is 13.6. The van der Waals surface area contributed by atoms with E-state index in [1.54, 1.807) is 6.07 Å². The van der Waals surface area contributed by atoms with E-state index >= 15 is 0 Å². The fraction of sp³-hybridized carbons (Fsp3) is 0.0769. The normalized spacial score (nSPS) is 9.00. The first-order chi connectivity index (χ1) is 8.39. The lowest BCUT2D eigenvalue weighted by molar-refractivity contribution is -0.137. The highest BCUT2D eigenvalue weighted by molar-refractivity contribution is 9.10. The zero-order valence-electron chi connectivity index (χ0n) is 10.3. The van der Waals surface area contributed by atoms with E-state index in [-0.39, 0.29) is 14.1 Å². The lowest BCUT2D eigenvalue weighted by atomic mass is 10.2. The molecule has 0 saturated carbocycles. The quantitative estimate of drug-likeness (QED) is 0.416. The van der Waals surface area contributed by atoms with Crippen LogP contribution in [0.25, 0.3) is 0 Å². The van der Waals surface area contributed by atoms with Gasteiger partial charge in [0.1, 0.15) is 0 Å². The summed E-state index contributed by atoms with van der Waals surface area (Å²) < 4.78 is 37.4. The second-order valence-electron chi connectivity index (χ2n) is 3.30. The molecule has 0 heterocycles. The van der Waals surface area contributed by atoms with Crippen molar-refractivity contribution in [1.82, 2.24) is 0 Å². The molecule has 0 spiro atoms. The summed E-state index contributed by atoms with van der Waals surface area (Å²) in [7, 11) is 0. The van der Waals surface area contributed by atoms with E-state index in [1.165, 1.54) is 6.07 Å². The minimum atomic E-state index is -4.25. The van der Waals surface area contributed by atoms with Gasteiger partial charge >= 0.3 is 6.18 Å². The molecule has 0 aromatic heterocycles. The molecule has 0 radical (unpaired) electrons. The molecular weight excluding hydrogens is 430 g/mol. The van der Waals surface area contributed by atoms with Gasteiger partial charge in [0.15, 0.2) is 0 Å². The van der Waals surface area contributed by atoms with Gasteiger partial charge in [-0.3, -0.25) is 14.1 Å². The van der Waals surface area contributed by atoms with Crippen molar-refractivity contribution in [2.45, 2.75) is 6.18 Å². The van der Waals surface area contributed by atoms with E-state index in [0.717, 1.165) is 16.6 Å². The van der Waals surface area contributed by atoms with Gasteiger partial charge in [-0.2, -0.15) is 13.2 Å². The maximum atomic E-state index is 11.9. The molecule has 0 aliphatic heterocycles. The topological polar surface area (TPSA) is 0 Å². The Bertz CT molecular complexity index is 488. The fourth-order valence-corrected chi connectivity index (χ4v) is 1.78. The third kappa shape index (κ3) is 10.4. The molecular formula is C13H12Br2F6. The van der Waals surface area contributed by atoms with Crippen molar-refractivity contribution in [3.8, 4) is 0 Å². The molecule has 0 aliphatic carbocycles. The number of halogens is 8. The molecule has 0 fully saturated rings. The summed E-state index contributed by atoms with van der Waals surface area (Å²) >= 11 is 6.27. The van der Waals surface area contributed by atoms with Gasteiger partial charge in [0.05, 0.1) is 5.56 Å². The molecule has 0 N–H and O–H groups in total. The summed E-state index contributed by atoms with van der Waals surface area (Å²) in [6, 6.07) is 15.0. The molecule has 0 atom stereocenters. The van der Waals surface area contributed by atoms with E-state index in [4.69, 9.17) is 0 Å². The average Bonchev–Trinajstić information content (AvgIpc) is 2.30. The molecule has 2 aromatic rings. The van der Waals surface area contributed by atoms with Gasteiger partial charge in [0.2, 0.25) is 0 Å². The third-order valence-electron chi connectivity index (χ3n) is 1.89. The largest absolute Gasteiger partial charge is 0.416 e. The summed E-state index contributed by atoms with van der Waals surface area (Å²) in [5.74, 6) is 0. The zero-order valence-corrected chi connectivity index (χ0v) is 13.5. The molecule has 21 heavy (non-hydrogen) atoms. The molecule has 120 valence electrons. The van der Waals surface area contributed by atoms with E-state index in [1.807, 2.05) is 30.3 Å². The van der Waals surface area contributed by atoms with E-state index in [9.17, 15) is 13.2 Å². The van der Waals surface area contributed by atoms with Gasteiger partial charge in [0.25, 0.3) is 0 Å². The van der Waals surface area contributed by atoms with Crippen LogP contribution in [-0.4, -0.2) is 0 Å². The first-order valence-corrected chi connectivity index (χ1v) is 6.51. The number of alkyl halides is 3. The Hall–Kier alpha value is -1.02. The number of hydrogen-bond acceptors (Lipinski definition) is 0. The maximum absolute atomic E-state index is 11.9. The number of hydrogen-bond donors (Lipinski definition) is 0. The van der Waals surface area contributed by atoms with Crippen molar-refractivity contribution in [2.75, 3.05) is 0 Å². The summed E-state index contributed by atoms with van der Waals surface area (Å²) in [6.07, 6.45) is -4.25. The van der Waals surface area contributed by atoms with Crippen molar-refractivity contribution in [2.24, 2.45) is 0 Å². The minimum Gasteiger partial charge on any atom is -0.269 e. The van der Waals surface area contributed by atoms with Gasteiger partial charge < -0.3 is 0 Å². The smallest absolute Gasteiger partial charge is 0.269 e. The molecule has 2 aromatic carbocycles. The van der Waals surface area contributed by atoms with Gasteiger partial charge in [-0.05, 0) is 30.3 Å². The van der Waals surface area contributed by atoms with Crippen LogP contribution in [0.15, 0.2) is 63.5 Å². The van der Waals surface area contributed by atoms with Crippen molar-refractivity contribution >= 4 is 31.9 Å². The fourth-order valence-electron chi connectivity index (χ4n) is 1.08. The van der Waals surface area contributed by atoms with Crippen molar-refractivity contribution < 1.29 is 27.3 Å². The Morgan fingerprint density at radius 1 is 0.667 bits per heavy atom.